The van der Waals surface area contributed by atoms with Gasteiger partial charge in [0.15, 0.2) is 0 Å². The first kappa shape index (κ1) is 13.6. The fourth-order valence-corrected chi connectivity index (χ4v) is 3.15. The molecule has 1 aromatic carbocycles. The highest BCUT2D eigenvalue weighted by atomic mass is 16.3. The lowest BCUT2D eigenvalue weighted by atomic mass is 9.82. The molecule has 2 N–H and O–H groups in total. The predicted molar refractivity (Wildman–Crippen MR) is 77.5 cm³/mol. The molecule has 3 rings (SSSR count). The molecule has 0 radical (unpaired) electrons. The molecule has 2 aliphatic rings. The van der Waals surface area contributed by atoms with Crippen LogP contribution in [0.3, 0.4) is 0 Å². The smallest absolute Gasteiger partial charge is 0.253 e. The molecule has 20 heavy (non-hydrogen) atoms. The largest absolute Gasteiger partial charge is 0.393 e. The van der Waals surface area contributed by atoms with E-state index in [9.17, 15) is 9.90 Å². The second-order valence-electron chi connectivity index (χ2n) is 6.09. The van der Waals surface area contributed by atoms with Crippen LogP contribution in [0.2, 0.25) is 0 Å². The summed E-state index contributed by atoms with van der Waals surface area (Å²) in [5.74, 6) is 0.540. The number of fused-ring (bicyclic) bond motifs is 1. The van der Waals surface area contributed by atoms with Crippen molar-refractivity contribution in [3.8, 4) is 0 Å². The highest BCUT2D eigenvalue weighted by Crippen LogP contribution is 2.28. The standard InChI is InChI=1S/C16H22N2O2/c1-18(10-11-6-15(19)7-11)16(20)13-3-2-12-4-5-17-9-14(12)8-13/h2-3,8,11,15,17,19H,4-7,9-10H2,1H3. The molecule has 4 nitrogen and oxygen atoms in total. The van der Waals surface area contributed by atoms with Gasteiger partial charge >= 0.3 is 0 Å². The molecule has 4 heteroatoms. The quantitative estimate of drug-likeness (QED) is 0.870. The van der Waals surface area contributed by atoms with Crippen molar-refractivity contribution in [2.45, 2.75) is 31.9 Å². The van der Waals surface area contributed by atoms with Crippen LogP contribution in [0.4, 0.5) is 0 Å². The van der Waals surface area contributed by atoms with Crippen LogP contribution in [-0.2, 0) is 13.0 Å². The van der Waals surface area contributed by atoms with Gasteiger partial charge in [-0.3, -0.25) is 4.79 Å². The first-order valence-electron chi connectivity index (χ1n) is 7.39. The number of rotatable bonds is 3. The molecule has 0 aromatic heterocycles. The molecule has 1 aliphatic heterocycles. The maximum absolute atomic E-state index is 12.4. The van der Waals surface area contributed by atoms with Gasteiger partial charge in [-0.2, -0.15) is 0 Å². The number of nitrogens with zero attached hydrogens (tertiary/aromatic N) is 1. The number of benzene rings is 1. The zero-order valence-corrected chi connectivity index (χ0v) is 11.9. The Morgan fingerprint density at radius 1 is 1.40 bits per heavy atom. The highest BCUT2D eigenvalue weighted by molar-refractivity contribution is 5.94. The molecule has 1 amide bonds. The van der Waals surface area contributed by atoms with Crippen molar-refractivity contribution in [3.63, 3.8) is 0 Å². The Bertz CT molecular complexity index is 509. The van der Waals surface area contributed by atoms with Crippen LogP contribution in [0.5, 0.6) is 0 Å². The van der Waals surface area contributed by atoms with Gasteiger partial charge in [-0.05, 0) is 55.0 Å². The molecule has 0 bridgehead atoms. The first-order valence-corrected chi connectivity index (χ1v) is 7.39. The third kappa shape index (κ3) is 2.72. The number of hydrogen-bond acceptors (Lipinski definition) is 3. The van der Waals surface area contributed by atoms with Gasteiger partial charge < -0.3 is 15.3 Å². The highest BCUT2D eigenvalue weighted by Gasteiger charge is 2.29. The third-order valence-electron chi connectivity index (χ3n) is 4.43. The van der Waals surface area contributed by atoms with E-state index >= 15 is 0 Å². The van der Waals surface area contributed by atoms with Gasteiger partial charge in [0.1, 0.15) is 0 Å². The Morgan fingerprint density at radius 2 is 2.20 bits per heavy atom. The fourth-order valence-electron chi connectivity index (χ4n) is 3.15. The number of amides is 1. The summed E-state index contributed by atoms with van der Waals surface area (Å²) < 4.78 is 0. The van der Waals surface area contributed by atoms with Crippen LogP contribution in [0.25, 0.3) is 0 Å². The average molecular weight is 274 g/mol. The molecular formula is C16H22N2O2. The summed E-state index contributed by atoms with van der Waals surface area (Å²) in [6, 6.07) is 6.05. The normalized spacial score (nSPS) is 24.7. The molecule has 1 fully saturated rings. The van der Waals surface area contributed by atoms with Gasteiger partial charge in [-0.15, -0.1) is 0 Å². The number of carbonyl (C=O) groups is 1. The molecule has 1 heterocycles. The van der Waals surface area contributed by atoms with E-state index in [4.69, 9.17) is 0 Å². The molecule has 1 aromatic rings. The minimum absolute atomic E-state index is 0.0831. The fraction of sp³-hybridized carbons (Fsp3) is 0.562. The first-order chi connectivity index (χ1) is 9.63. The van der Waals surface area contributed by atoms with Crippen molar-refractivity contribution < 1.29 is 9.90 Å². The summed E-state index contributed by atoms with van der Waals surface area (Å²) in [5.41, 5.74) is 3.37. The molecule has 0 unspecified atom stereocenters. The van der Waals surface area contributed by atoms with E-state index in [0.717, 1.165) is 44.5 Å². The minimum atomic E-state index is -0.154. The van der Waals surface area contributed by atoms with E-state index in [1.165, 1.54) is 11.1 Å². The summed E-state index contributed by atoms with van der Waals surface area (Å²) in [4.78, 5) is 14.2. The second-order valence-corrected chi connectivity index (χ2v) is 6.09. The van der Waals surface area contributed by atoms with E-state index in [2.05, 4.69) is 11.4 Å². The SMILES string of the molecule is CN(CC1CC(O)C1)C(=O)c1ccc2c(c1)CNCC2. The predicted octanol–water partition coefficient (Wildman–Crippen LogP) is 1.18. The Kier molecular flexibility index (Phi) is 3.76. The maximum Gasteiger partial charge on any atom is 0.253 e. The molecule has 1 saturated carbocycles. The summed E-state index contributed by atoms with van der Waals surface area (Å²) in [6.45, 7) is 2.62. The number of aliphatic hydroxyl groups excluding tert-OH is 1. The number of carbonyl (C=O) groups excluding carboxylic acids is 1. The minimum Gasteiger partial charge on any atom is -0.393 e. The third-order valence-corrected chi connectivity index (χ3v) is 4.43. The van der Waals surface area contributed by atoms with Gasteiger partial charge in [0, 0.05) is 25.7 Å². The number of hydrogen-bond donors (Lipinski definition) is 2. The van der Waals surface area contributed by atoms with Crippen LogP contribution in [0.1, 0.15) is 34.3 Å². The van der Waals surface area contributed by atoms with Crippen LogP contribution in [0.15, 0.2) is 18.2 Å². The number of nitrogens with one attached hydrogen (secondary N) is 1. The van der Waals surface area contributed by atoms with Gasteiger partial charge in [-0.25, -0.2) is 0 Å². The van der Waals surface area contributed by atoms with Crippen LogP contribution >= 0.6 is 0 Å². The van der Waals surface area contributed by atoms with Crippen LogP contribution < -0.4 is 5.32 Å². The van der Waals surface area contributed by atoms with E-state index in [-0.39, 0.29) is 12.0 Å². The van der Waals surface area contributed by atoms with E-state index in [1.807, 2.05) is 19.2 Å². The van der Waals surface area contributed by atoms with Gasteiger partial charge in [0.25, 0.3) is 5.91 Å². The molecule has 0 saturated heterocycles. The Labute approximate surface area is 119 Å². The monoisotopic (exact) mass is 274 g/mol. The van der Waals surface area contributed by atoms with Crippen LogP contribution in [-0.4, -0.2) is 42.2 Å². The topological polar surface area (TPSA) is 52.6 Å². The molecule has 108 valence electrons. The van der Waals surface area contributed by atoms with Crippen molar-refractivity contribution >= 4 is 5.91 Å². The Morgan fingerprint density at radius 3 is 2.95 bits per heavy atom. The van der Waals surface area contributed by atoms with E-state index in [1.54, 1.807) is 4.90 Å². The Balaban J connectivity index is 1.67. The molecule has 1 aliphatic carbocycles. The number of aliphatic hydroxyl groups is 1. The van der Waals surface area contributed by atoms with Crippen molar-refractivity contribution in [1.82, 2.24) is 10.2 Å². The molecule has 0 spiro atoms. The summed E-state index contributed by atoms with van der Waals surface area (Å²) in [6.07, 6.45) is 2.54. The molecular weight excluding hydrogens is 252 g/mol. The average Bonchev–Trinajstić information content (AvgIpc) is 2.44. The summed E-state index contributed by atoms with van der Waals surface area (Å²) in [5, 5.41) is 12.6. The second kappa shape index (κ2) is 5.54. The zero-order chi connectivity index (χ0) is 14.1. The summed E-state index contributed by atoms with van der Waals surface area (Å²) in [7, 11) is 1.85. The zero-order valence-electron chi connectivity index (χ0n) is 11.9. The van der Waals surface area contributed by atoms with Crippen LogP contribution in [0, 0.1) is 5.92 Å². The van der Waals surface area contributed by atoms with Crippen molar-refractivity contribution in [3.05, 3.63) is 34.9 Å². The maximum atomic E-state index is 12.4. The molecule has 0 atom stereocenters. The van der Waals surface area contributed by atoms with E-state index in [0.29, 0.717) is 5.92 Å². The lowest BCUT2D eigenvalue weighted by Crippen LogP contribution is -2.39. The lowest BCUT2D eigenvalue weighted by Gasteiger charge is -2.34. The van der Waals surface area contributed by atoms with E-state index < -0.39 is 0 Å². The van der Waals surface area contributed by atoms with Crippen molar-refractivity contribution in [2.24, 2.45) is 5.92 Å². The Hall–Kier alpha value is -1.39. The van der Waals surface area contributed by atoms with Crippen molar-refractivity contribution in [1.29, 1.82) is 0 Å². The van der Waals surface area contributed by atoms with Crippen molar-refractivity contribution in [2.75, 3.05) is 20.1 Å². The van der Waals surface area contributed by atoms with Gasteiger partial charge in [0.05, 0.1) is 6.10 Å². The lowest BCUT2D eigenvalue weighted by molar-refractivity contribution is 0.0265. The summed E-state index contributed by atoms with van der Waals surface area (Å²) >= 11 is 0. The van der Waals surface area contributed by atoms with Gasteiger partial charge in [-0.1, -0.05) is 6.07 Å². The van der Waals surface area contributed by atoms with Gasteiger partial charge in [0.2, 0.25) is 0 Å².